The van der Waals surface area contributed by atoms with Gasteiger partial charge in [-0.2, -0.15) is 13.2 Å². The second kappa shape index (κ2) is 8.37. The molecule has 0 unspecified atom stereocenters. The monoisotopic (exact) mass is 435 g/mol. The van der Waals surface area contributed by atoms with Gasteiger partial charge in [0.15, 0.2) is 0 Å². The third-order valence-corrected chi connectivity index (χ3v) is 6.20. The summed E-state index contributed by atoms with van der Waals surface area (Å²) < 4.78 is 44.9. The molecule has 6 nitrogen and oxygen atoms in total. The van der Waals surface area contributed by atoms with Gasteiger partial charge < -0.3 is 20.1 Å². The highest BCUT2D eigenvalue weighted by Gasteiger charge is 2.44. The van der Waals surface area contributed by atoms with Gasteiger partial charge in [-0.3, -0.25) is 4.79 Å². The van der Waals surface area contributed by atoms with Gasteiger partial charge in [-0.25, -0.2) is 4.98 Å². The maximum absolute atomic E-state index is 13.1. The highest BCUT2D eigenvalue weighted by molar-refractivity contribution is 5.95. The number of fused-ring (bicyclic) bond motifs is 1. The van der Waals surface area contributed by atoms with Gasteiger partial charge in [-0.15, -0.1) is 0 Å². The minimum Gasteiger partial charge on any atom is -0.508 e. The number of likely N-dealkylation sites (tertiary alicyclic amines) is 1. The predicted molar refractivity (Wildman–Crippen MR) is 108 cm³/mol. The number of pyridine rings is 1. The Hall–Kier alpha value is -2.81. The van der Waals surface area contributed by atoms with Crippen LogP contribution in [0.1, 0.15) is 28.8 Å². The number of carbonyl (C=O) groups excluding carboxylic acids is 1. The van der Waals surface area contributed by atoms with E-state index < -0.39 is 23.4 Å². The number of carbonyl (C=O) groups is 1. The molecule has 1 saturated heterocycles. The second-order valence-electron chi connectivity index (χ2n) is 8.21. The van der Waals surface area contributed by atoms with Gasteiger partial charge in [0.2, 0.25) is 0 Å². The standard InChI is InChI=1S/C22H24F3N3O3/c1-31-19-9-15-12-28(11-14(15)8-18(19)27-20-4-2-3-5-26-20)21(30)13-6-16(22(23,24)25)10-17(29)7-13/h2-7,10,14-15,18-19,29H,8-9,11-12H2,1H3,(H,26,27)/t14-,15+,18-,19-/m1/s1. The van der Waals surface area contributed by atoms with Crippen LogP contribution in [0.25, 0.3) is 0 Å². The molecule has 1 aromatic carbocycles. The number of phenols is 1. The fraction of sp³-hybridized carbons (Fsp3) is 0.455. The summed E-state index contributed by atoms with van der Waals surface area (Å²) in [6.45, 7) is 0.911. The molecule has 9 heteroatoms. The quantitative estimate of drug-likeness (QED) is 0.765. The van der Waals surface area contributed by atoms with Gasteiger partial charge in [0.25, 0.3) is 5.91 Å². The van der Waals surface area contributed by atoms with Crippen molar-refractivity contribution in [1.82, 2.24) is 9.88 Å². The molecular formula is C22H24F3N3O3. The number of phenolic OH excluding ortho intramolecular Hbond substituents is 1. The molecule has 2 aromatic rings. The summed E-state index contributed by atoms with van der Waals surface area (Å²) in [5.41, 5.74) is -1.19. The van der Waals surface area contributed by atoms with E-state index in [1.807, 2.05) is 18.2 Å². The predicted octanol–water partition coefficient (Wildman–Crippen LogP) is 3.78. The molecule has 2 aliphatic rings. The molecule has 2 heterocycles. The number of halogens is 3. The molecule has 31 heavy (non-hydrogen) atoms. The fourth-order valence-corrected chi connectivity index (χ4v) is 4.71. The molecule has 1 aliphatic heterocycles. The molecule has 4 atom stereocenters. The number of nitrogens with zero attached hydrogens (tertiary/aromatic N) is 2. The van der Waals surface area contributed by atoms with E-state index in [4.69, 9.17) is 4.74 Å². The largest absolute Gasteiger partial charge is 0.508 e. The summed E-state index contributed by atoms with van der Waals surface area (Å²) in [6, 6.07) is 8.14. The lowest BCUT2D eigenvalue weighted by molar-refractivity contribution is -0.137. The van der Waals surface area contributed by atoms with Crippen molar-refractivity contribution >= 4 is 11.7 Å². The van der Waals surface area contributed by atoms with E-state index in [1.54, 1.807) is 18.2 Å². The van der Waals surface area contributed by atoms with Gasteiger partial charge in [0.05, 0.1) is 17.7 Å². The summed E-state index contributed by atoms with van der Waals surface area (Å²) in [5, 5.41) is 13.1. The molecule has 1 aromatic heterocycles. The van der Waals surface area contributed by atoms with E-state index in [0.717, 1.165) is 30.8 Å². The second-order valence-corrected chi connectivity index (χ2v) is 8.21. The van der Waals surface area contributed by atoms with Gasteiger partial charge in [0.1, 0.15) is 11.6 Å². The van der Waals surface area contributed by atoms with Crippen LogP contribution < -0.4 is 5.32 Å². The van der Waals surface area contributed by atoms with E-state index in [0.29, 0.717) is 19.2 Å². The number of hydrogen-bond acceptors (Lipinski definition) is 5. The minimum atomic E-state index is -4.64. The van der Waals surface area contributed by atoms with Gasteiger partial charge in [-0.05, 0) is 55.0 Å². The summed E-state index contributed by atoms with van der Waals surface area (Å²) >= 11 is 0. The molecule has 0 radical (unpaired) electrons. The van der Waals surface area contributed by atoms with Crippen LogP contribution in [0.5, 0.6) is 5.75 Å². The zero-order valence-corrected chi connectivity index (χ0v) is 17.0. The number of aromatic hydroxyl groups is 1. The number of methoxy groups -OCH3 is 1. The van der Waals surface area contributed by atoms with Gasteiger partial charge in [0, 0.05) is 32.0 Å². The Morgan fingerprint density at radius 1 is 1.19 bits per heavy atom. The van der Waals surface area contributed by atoms with Crippen LogP contribution in [-0.2, 0) is 10.9 Å². The molecule has 0 bridgehead atoms. The topological polar surface area (TPSA) is 74.7 Å². The van der Waals surface area contributed by atoms with E-state index in [-0.39, 0.29) is 29.5 Å². The van der Waals surface area contributed by atoms with Crippen LogP contribution in [-0.4, -0.2) is 53.2 Å². The Bertz CT molecular complexity index is 939. The lowest BCUT2D eigenvalue weighted by Gasteiger charge is -2.37. The normalized spacial score (nSPS) is 25.9. The van der Waals surface area contributed by atoms with Crippen molar-refractivity contribution in [2.24, 2.45) is 11.8 Å². The number of alkyl halides is 3. The van der Waals surface area contributed by atoms with Crippen molar-refractivity contribution in [3.05, 3.63) is 53.7 Å². The van der Waals surface area contributed by atoms with Crippen molar-refractivity contribution in [1.29, 1.82) is 0 Å². The first-order valence-electron chi connectivity index (χ1n) is 10.2. The highest BCUT2D eigenvalue weighted by atomic mass is 19.4. The maximum atomic E-state index is 13.1. The van der Waals surface area contributed by atoms with Crippen LogP contribution >= 0.6 is 0 Å². The van der Waals surface area contributed by atoms with Crippen LogP contribution in [0.4, 0.5) is 19.0 Å². The fourth-order valence-electron chi connectivity index (χ4n) is 4.71. The lowest BCUT2D eigenvalue weighted by atomic mass is 9.77. The number of nitrogens with one attached hydrogen (secondary N) is 1. The molecule has 166 valence electrons. The smallest absolute Gasteiger partial charge is 0.416 e. The first-order chi connectivity index (χ1) is 14.7. The van der Waals surface area contributed by atoms with Crippen molar-refractivity contribution in [2.45, 2.75) is 31.2 Å². The van der Waals surface area contributed by atoms with Crippen molar-refractivity contribution in [3.63, 3.8) is 0 Å². The first kappa shape index (κ1) is 21.4. The summed E-state index contributed by atoms with van der Waals surface area (Å²) in [7, 11) is 1.65. The van der Waals surface area contributed by atoms with Gasteiger partial charge >= 0.3 is 6.18 Å². The Morgan fingerprint density at radius 2 is 1.94 bits per heavy atom. The first-order valence-corrected chi connectivity index (χ1v) is 10.2. The Morgan fingerprint density at radius 3 is 2.58 bits per heavy atom. The summed E-state index contributed by atoms with van der Waals surface area (Å²) in [6.07, 6.45) is -1.49. The molecule has 0 spiro atoms. The van der Waals surface area contributed by atoms with Crippen molar-refractivity contribution in [3.8, 4) is 5.75 Å². The average molecular weight is 435 g/mol. The molecule has 4 rings (SSSR count). The lowest BCUT2D eigenvalue weighted by Crippen LogP contribution is -2.44. The summed E-state index contributed by atoms with van der Waals surface area (Å²) in [5.74, 6) is 0.0808. The number of aromatic nitrogens is 1. The van der Waals surface area contributed by atoms with E-state index in [1.165, 1.54) is 0 Å². The number of ether oxygens (including phenoxy) is 1. The van der Waals surface area contributed by atoms with Crippen LogP contribution in [0, 0.1) is 11.8 Å². The van der Waals surface area contributed by atoms with E-state index in [9.17, 15) is 23.1 Å². The molecule has 2 fully saturated rings. The zero-order valence-electron chi connectivity index (χ0n) is 17.0. The number of rotatable bonds is 4. The molecule has 2 N–H and O–H groups in total. The Balaban J connectivity index is 1.48. The molecular weight excluding hydrogens is 411 g/mol. The van der Waals surface area contributed by atoms with E-state index >= 15 is 0 Å². The average Bonchev–Trinajstić information content (AvgIpc) is 3.15. The van der Waals surface area contributed by atoms with Crippen molar-refractivity contribution in [2.75, 3.05) is 25.5 Å². The van der Waals surface area contributed by atoms with Crippen LogP contribution in [0.2, 0.25) is 0 Å². The molecule has 1 aliphatic carbocycles. The minimum absolute atomic E-state index is 0.0220. The Kier molecular flexibility index (Phi) is 5.79. The summed E-state index contributed by atoms with van der Waals surface area (Å²) in [4.78, 5) is 18.8. The SMILES string of the molecule is CO[C@@H]1C[C@H]2CN(C(=O)c3cc(O)cc(C(F)(F)F)c3)C[C@H]2C[C@H]1Nc1ccccn1. The number of amides is 1. The van der Waals surface area contributed by atoms with E-state index in [2.05, 4.69) is 10.3 Å². The van der Waals surface area contributed by atoms with Crippen LogP contribution in [0.3, 0.4) is 0 Å². The number of anilines is 1. The van der Waals surface area contributed by atoms with Crippen molar-refractivity contribution < 1.29 is 27.8 Å². The number of benzene rings is 1. The maximum Gasteiger partial charge on any atom is 0.416 e. The van der Waals surface area contributed by atoms with Crippen LogP contribution in [0.15, 0.2) is 42.6 Å². The van der Waals surface area contributed by atoms with Gasteiger partial charge in [-0.1, -0.05) is 6.07 Å². The third kappa shape index (κ3) is 4.61. The zero-order chi connectivity index (χ0) is 22.2. The molecule has 1 saturated carbocycles. The number of hydrogen-bond donors (Lipinski definition) is 2. The highest BCUT2D eigenvalue weighted by Crippen LogP contribution is 2.39. The Labute approximate surface area is 178 Å². The molecule has 1 amide bonds. The third-order valence-electron chi connectivity index (χ3n) is 6.20.